The fourth-order valence-corrected chi connectivity index (χ4v) is 4.48. The summed E-state index contributed by atoms with van der Waals surface area (Å²) in [4.78, 5) is 25.4. The van der Waals surface area contributed by atoms with E-state index in [4.69, 9.17) is 32.7 Å². The maximum Gasteiger partial charge on any atom is 0.328 e. The first-order valence-corrected chi connectivity index (χ1v) is 12.2. The number of esters is 1. The number of phenolic OH excluding ortho intramolecular Hbond substituents is 1. The Morgan fingerprint density at radius 2 is 1.91 bits per heavy atom. The molecule has 0 saturated carbocycles. The lowest BCUT2D eigenvalue weighted by atomic mass is 9.95. The Bertz CT molecular complexity index is 981. The van der Waals surface area contributed by atoms with Crippen LogP contribution < -0.4 is 15.4 Å². The zero-order valence-corrected chi connectivity index (χ0v) is 20.6. The van der Waals surface area contributed by atoms with E-state index in [1.54, 1.807) is 6.92 Å². The van der Waals surface area contributed by atoms with Gasteiger partial charge in [0, 0.05) is 6.42 Å². The fraction of sp³-hybridized carbons (Fsp3) is 0.440. The van der Waals surface area contributed by atoms with Crippen LogP contribution in [0, 0.1) is 5.92 Å². The molecule has 1 saturated heterocycles. The van der Waals surface area contributed by atoms with Crippen molar-refractivity contribution in [3.8, 4) is 11.5 Å². The van der Waals surface area contributed by atoms with E-state index in [9.17, 15) is 14.7 Å². The van der Waals surface area contributed by atoms with E-state index in [1.807, 2.05) is 30.3 Å². The third kappa shape index (κ3) is 7.01. The van der Waals surface area contributed by atoms with Crippen molar-refractivity contribution in [2.24, 2.45) is 5.92 Å². The van der Waals surface area contributed by atoms with Crippen LogP contribution in [0.15, 0.2) is 36.4 Å². The van der Waals surface area contributed by atoms with Crippen LogP contribution >= 0.6 is 23.2 Å². The highest BCUT2D eigenvalue weighted by Gasteiger charge is 2.27. The van der Waals surface area contributed by atoms with Crippen LogP contribution in [-0.4, -0.2) is 49.3 Å². The van der Waals surface area contributed by atoms with Gasteiger partial charge in [-0.1, -0.05) is 53.5 Å². The molecular weight excluding hydrogens is 479 g/mol. The molecule has 184 valence electrons. The first kappa shape index (κ1) is 26.1. The minimum absolute atomic E-state index is 0.106. The molecule has 0 radical (unpaired) electrons. The third-order valence-electron chi connectivity index (χ3n) is 5.79. The monoisotopic (exact) mass is 508 g/mol. The Morgan fingerprint density at radius 1 is 1.21 bits per heavy atom. The van der Waals surface area contributed by atoms with Crippen LogP contribution in [0.1, 0.15) is 42.1 Å². The second-order valence-corrected chi connectivity index (χ2v) is 8.98. The minimum atomic E-state index is -0.951. The van der Waals surface area contributed by atoms with E-state index in [2.05, 4.69) is 10.6 Å². The average molecular weight is 509 g/mol. The van der Waals surface area contributed by atoms with Gasteiger partial charge in [-0.15, -0.1) is 0 Å². The molecule has 1 fully saturated rings. The summed E-state index contributed by atoms with van der Waals surface area (Å²) in [6.45, 7) is 4.25. The summed E-state index contributed by atoms with van der Waals surface area (Å²) in [5.41, 5.74) is 0.696. The lowest BCUT2D eigenvalue weighted by molar-refractivity contribution is -0.145. The van der Waals surface area contributed by atoms with E-state index in [0.29, 0.717) is 12.5 Å². The van der Waals surface area contributed by atoms with Gasteiger partial charge in [-0.2, -0.15) is 0 Å². The van der Waals surface area contributed by atoms with Gasteiger partial charge in [-0.05, 0) is 56.8 Å². The number of rotatable bonds is 10. The molecule has 3 N–H and O–H groups in total. The standard InChI is InChI=1S/C25H30Cl2N2O5/c1-2-33-25(32)20(14-17-6-4-3-5-7-17)29-24(31)18-15-19(26)23(21(27)22(18)30)34-13-10-16-8-11-28-12-9-16/h3-7,15-16,20,28,30H,2,8-14H2,1H3,(H,29,31). The molecule has 0 aliphatic carbocycles. The molecule has 3 rings (SSSR count). The summed E-state index contributed by atoms with van der Waals surface area (Å²) in [6, 6.07) is 9.58. The molecule has 2 aromatic carbocycles. The van der Waals surface area contributed by atoms with Gasteiger partial charge in [-0.25, -0.2) is 4.79 Å². The quantitative estimate of drug-likeness (QED) is 0.412. The number of hydrogen-bond donors (Lipinski definition) is 3. The van der Waals surface area contributed by atoms with Crippen LogP contribution in [0.2, 0.25) is 10.0 Å². The molecule has 9 heteroatoms. The molecule has 1 heterocycles. The van der Waals surface area contributed by atoms with E-state index in [0.717, 1.165) is 37.9 Å². The van der Waals surface area contributed by atoms with E-state index in [1.165, 1.54) is 6.07 Å². The zero-order valence-electron chi connectivity index (χ0n) is 19.1. The van der Waals surface area contributed by atoms with Crippen molar-refractivity contribution < 1.29 is 24.2 Å². The van der Waals surface area contributed by atoms with Crippen LogP contribution in [0.25, 0.3) is 0 Å². The highest BCUT2D eigenvalue weighted by molar-refractivity contribution is 6.39. The molecule has 1 unspecified atom stereocenters. The highest BCUT2D eigenvalue weighted by Crippen LogP contribution is 2.42. The fourth-order valence-electron chi connectivity index (χ4n) is 3.92. The van der Waals surface area contributed by atoms with Crippen molar-refractivity contribution in [3.63, 3.8) is 0 Å². The van der Waals surface area contributed by atoms with Crippen LogP contribution in [0.5, 0.6) is 11.5 Å². The summed E-state index contributed by atoms with van der Waals surface area (Å²) in [5, 5.41) is 16.5. The largest absolute Gasteiger partial charge is 0.505 e. The summed E-state index contributed by atoms with van der Waals surface area (Å²) in [5.74, 6) is -1.03. The van der Waals surface area contributed by atoms with Crippen molar-refractivity contribution >= 4 is 35.1 Å². The van der Waals surface area contributed by atoms with Crippen LogP contribution in [0.4, 0.5) is 0 Å². The van der Waals surface area contributed by atoms with Gasteiger partial charge < -0.3 is 25.2 Å². The topological polar surface area (TPSA) is 96.9 Å². The predicted molar refractivity (Wildman–Crippen MR) is 132 cm³/mol. The Labute approximate surface area is 209 Å². The number of carbonyl (C=O) groups is 2. The van der Waals surface area contributed by atoms with Gasteiger partial charge in [0.2, 0.25) is 0 Å². The number of amides is 1. The zero-order chi connectivity index (χ0) is 24.5. The second kappa shape index (κ2) is 12.8. The first-order valence-electron chi connectivity index (χ1n) is 11.5. The molecule has 1 atom stereocenters. The number of piperidine rings is 1. The van der Waals surface area contributed by atoms with Crippen LogP contribution in [0.3, 0.4) is 0 Å². The Hall–Kier alpha value is -2.48. The van der Waals surface area contributed by atoms with Gasteiger partial charge in [0.15, 0.2) is 11.5 Å². The van der Waals surface area contributed by atoms with Gasteiger partial charge >= 0.3 is 5.97 Å². The van der Waals surface area contributed by atoms with Crippen molar-refractivity contribution in [2.45, 2.75) is 38.6 Å². The molecule has 7 nitrogen and oxygen atoms in total. The number of aromatic hydroxyl groups is 1. The van der Waals surface area contributed by atoms with Gasteiger partial charge in [-0.3, -0.25) is 4.79 Å². The summed E-state index contributed by atoms with van der Waals surface area (Å²) < 4.78 is 10.9. The number of ether oxygens (including phenoxy) is 2. The molecule has 2 aromatic rings. The predicted octanol–water partition coefficient (Wildman–Crippen LogP) is 4.37. The van der Waals surface area contributed by atoms with Crippen LogP contribution in [-0.2, 0) is 16.0 Å². The minimum Gasteiger partial charge on any atom is -0.505 e. The highest BCUT2D eigenvalue weighted by atomic mass is 35.5. The summed E-state index contributed by atoms with van der Waals surface area (Å²) >= 11 is 12.7. The number of phenols is 1. The van der Waals surface area contributed by atoms with Gasteiger partial charge in [0.25, 0.3) is 5.91 Å². The number of nitrogens with one attached hydrogen (secondary N) is 2. The average Bonchev–Trinajstić information content (AvgIpc) is 2.84. The van der Waals surface area contributed by atoms with Gasteiger partial charge in [0.05, 0.1) is 23.8 Å². The lowest BCUT2D eigenvalue weighted by Crippen LogP contribution is -2.43. The molecule has 34 heavy (non-hydrogen) atoms. The maximum absolute atomic E-state index is 13.0. The number of carbonyl (C=O) groups excluding carboxylic acids is 2. The molecule has 1 aliphatic heterocycles. The summed E-state index contributed by atoms with van der Waals surface area (Å²) in [6.07, 6.45) is 3.24. The number of halogens is 2. The van der Waals surface area contributed by atoms with Crippen molar-refractivity contribution in [3.05, 3.63) is 57.6 Å². The normalized spacial score (nSPS) is 14.9. The lowest BCUT2D eigenvalue weighted by Gasteiger charge is -2.23. The number of benzene rings is 2. The van der Waals surface area contributed by atoms with E-state index in [-0.39, 0.29) is 34.4 Å². The SMILES string of the molecule is CCOC(=O)C(Cc1ccccc1)NC(=O)c1cc(Cl)c(OCCC2CCNCC2)c(Cl)c1O. The van der Waals surface area contributed by atoms with Gasteiger partial charge in [0.1, 0.15) is 11.1 Å². The molecule has 0 aromatic heterocycles. The first-order chi connectivity index (χ1) is 16.4. The molecule has 0 spiro atoms. The molecule has 0 bridgehead atoms. The van der Waals surface area contributed by atoms with E-state index >= 15 is 0 Å². The molecule has 1 amide bonds. The van der Waals surface area contributed by atoms with Crippen molar-refractivity contribution in [1.82, 2.24) is 10.6 Å². The maximum atomic E-state index is 13.0. The molecular formula is C25H30Cl2N2O5. The molecule has 1 aliphatic rings. The Morgan fingerprint density at radius 3 is 2.59 bits per heavy atom. The summed E-state index contributed by atoms with van der Waals surface area (Å²) in [7, 11) is 0. The Kier molecular flexibility index (Phi) is 9.86. The van der Waals surface area contributed by atoms with E-state index < -0.39 is 23.7 Å². The smallest absolute Gasteiger partial charge is 0.328 e. The van der Waals surface area contributed by atoms with Crippen molar-refractivity contribution in [1.29, 1.82) is 0 Å². The third-order valence-corrected chi connectivity index (χ3v) is 6.42. The second-order valence-electron chi connectivity index (χ2n) is 8.20. The Balaban J connectivity index is 1.71. The number of hydrogen-bond acceptors (Lipinski definition) is 6. The van der Waals surface area contributed by atoms with Crippen molar-refractivity contribution in [2.75, 3.05) is 26.3 Å².